The molecule has 4 nitrogen and oxygen atoms in total. The van der Waals surface area contributed by atoms with Crippen LogP contribution in [0.25, 0.3) is 0 Å². The number of nitrogens with one attached hydrogen (secondary N) is 1. The molecule has 0 fully saturated rings. The fourth-order valence-electron chi connectivity index (χ4n) is 1.54. The number of ether oxygens (including phenoxy) is 1. The third-order valence-corrected chi connectivity index (χ3v) is 2.26. The first kappa shape index (κ1) is 12.0. The van der Waals surface area contributed by atoms with E-state index < -0.39 is 6.10 Å². The van der Waals surface area contributed by atoms with Crippen LogP contribution in [0.15, 0.2) is 18.2 Å². The summed E-state index contributed by atoms with van der Waals surface area (Å²) in [6.07, 6.45) is -0.628. The Balaban J connectivity index is 3.05. The number of aliphatic hydroxyl groups is 2. The van der Waals surface area contributed by atoms with Gasteiger partial charge in [-0.2, -0.15) is 0 Å². The summed E-state index contributed by atoms with van der Waals surface area (Å²) in [5, 5.41) is 21.8. The minimum Gasteiger partial charge on any atom is -0.496 e. The summed E-state index contributed by atoms with van der Waals surface area (Å²) in [7, 11) is 3.30. The Kier molecular flexibility index (Phi) is 4.55. The van der Waals surface area contributed by atoms with Crippen LogP contribution in [-0.2, 0) is 6.61 Å². The van der Waals surface area contributed by atoms with Crippen LogP contribution >= 0.6 is 0 Å². The molecular formula is C11H17NO3. The minimum absolute atomic E-state index is 0.0940. The number of hydrogen-bond acceptors (Lipinski definition) is 4. The molecule has 1 unspecified atom stereocenters. The van der Waals surface area contributed by atoms with Crippen LogP contribution in [0.1, 0.15) is 17.2 Å². The van der Waals surface area contributed by atoms with Crippen LogP contribution < -0.4 is 10.1 Å². The fourth-order valence-corrected chi connectivity index (χ4v) is 1.54. The fraction of sp³-hybridized carbons (Fsp3) is 0.455. The average Bonchev–Trinajstić information content (AvgIpc) is 2.28. The van der Waals surface area contributed by atoms with E-state index in [1.165, 1.54) is 7.11 Å². The standard InChI is InChI=1S/C11H17NO3/c1-12-6-10(14)9-5-3-4-8(7-13)11(9)15-2/h3-5,10,12-14H,6-7H2,1-2H3. The maximum absolute atomic E-state index is 9.83. The number of methoxy groups -OCH3 is 1. The van der Waals surface area contributed by atoms with Crippen molar-refractivity contribution in [2.24, 2.45) is 0 Å². The quantitative estimate of drug-likeness (QED) is 0.661. The summed E-state index contributed by atoms with van der Waals surface area (Å²) in [6.45, 7) is 0.356. The van der Waals surface area contributed by atoms with E-state index in [9.17, 15) is 5.11 Å². The minimum atomic E-state index is -0.628. The molecule has 4 heteroatoms. The second kappa shape index (κ2) is 5.70. The molecule has 0 amide bonds. The molecule has 15 heavy (non-hydrogen) atoms. The lowest BCUT2D eigenvalue weighted by Gasteiger charge is -2.16. The molecular weight excluding hydrogens is 194 g/mol. The van der Waals surface area contributed by atoms with E-state index in [4.69, 9.17) is 9.84 Å². The molecule has 0 spiro atoms. The molecule has 1 atom stereocenters. The van der Waals surface area contributed by atoms with E-state index in [2.05, 4.69) is 5.32 Å². The third kappa shape index (κ3) is 2.68. The van der Waals surface area contributed by atoms with Crippen molar-refractivity contribution in [3.8, 4) is 5.75 Å². The lowest BCUT2D eigenvalue weighted by Crippen LogP contribution is -2.17. The molecule has 0 aromatic heterocycles. The first-order chi connectivity index (χ1) is 7.24. The zero-order chi connectivity index (χ0) is 11.3. The number of aliphatic hydroxyl groups excluding tert-OH is 2. The molecule has 0 heterocycles. The molecule has 0 bridgehead atoms. The van der Waals surface area contributed by atoms with Gasteiger partial charge in [0.05, 0.1) is 19.8 Å². The van der Waals surface area contributed by atoms with Crippen LogP contribution in [0, 0.1) is 0 Å². The zero-order valence-corrected chi connectivity index (χ0v) is 9.03. The van der Waals surface area contributed by atoms with E-state index in [0.29, 0.717) is 23.4 Å². The van der Waals surface area contributed by atoms with Crippen molar-refractivity contribution in [2.45, 2.75) is 12.7 Å². The molecule has 0 aliphatic heterocycles. The smallest absolute Gasteiger partial charge is 0.130 e. The Morgan fingerprint density at radius 3 is 2.73 bits per heavy atom. The average molecular weight is 211 g/mol. The van der Waals surface area contributed by atoms with Gasteiger partial charge in [0, 0.05) is 17.7 Å². The molecule has 0 saturated carbocycles. The van der Waals surface area contributed by atoms with Crippen molar-refractivity contribution < 1.29 is 14.9 Å². The summed E-state index contributed by atoms with van der Waals surface area (Å²) in [5.74, 6) is 0.558. The SMILES string of the molecule is CNCC(O)c1cccc(CO)c1OC. The van der Waals surface area contributed by atoms with E-state index in [1.807, 2.05) is 0 Å². The van der Waals surface area contributed by atoms with Gasteiger partial charge in [-0.15, -0.1) is 0 Å². The van der Waals surface area contributed by atoms with Crippen molar-refractivity contribution in [1.82, 2.24) is 5.32 Å². The van der Waals surface area contributed by atoms with Gasteiger partial charge in [0.25, 0.3) is 0 Å². The molecule has 1 rings (SSSR count). The van der Waals surface area contributed by atoms with Gasteiger partial charge in [-0.05, 0) is 7.05 Å². The topological polar surface area (TPSA) is 61.7 Å². The lowest BCUT2D eigenvalue weighted by molar-refractivity contribution is 0.172. The summed E-state index contributed by atoms with van der Waals surface area (Å²) in [6, 6.07) is 5.36. The number of hydrogen-bond donors (Lipinski definition) is 3. The molecule has 1 aromatic carbocycles. The Bertz CT molecular complexity index is 315. The first-order valence-electron chi connectivity index (χ1n) is 4.83. The molecule has 3 N–H and O–H groups in total. The Hall–Kier alpha value is -1.10. The summed E-state index contributed by atoms with van der Waals surface area (Å²) in [5.41, 5.74) is 1.38. The van der Waals surface area contributed by atoms with Crippen LogP contribution in [0.5, 0.6) is 5.75 Å². The van der Waals surface area contributed by atoms with Crippen molar-refractivity contribution in [1.29, 1.82) is 0 Å². The van der Waals surface area contributed by atoms with E-state index in [-0.39, 0.29) is 6.61 Å². The number of benzene rings is 1. The van der Waals surface area contributed by atoms with Crippen LogP contribution in [0.2, 0.25) is 0 Å². The highest BCUT2D eigenvalue weighted by atomic mass is 16.5. The summed E-state index contributed by atoms with van der Waals surface area (Å²) in [4.78, 5) is 0. The third-order valence-electron chi connectivity index (χ3n) is 2.26. The van der Waals surface area contributed by atoms with Gasteiger partial charge in [-0.25, -0.2) is 0 Å². The van der Waals surface area contributed by atoms with Crippen LogP contribution in [0.3, 0.4) is 0 Å². The zero-order valence-electron chi connectivity index (χ0n) is 9.03. The van der Waals surface area contributed by atoms with Crippen molar-refractivity contribution in [2.75, 3.05) is 20.7 Å². The molecule has 0 radical (unpaired) electrons. The molecule has 84 valence electrons. The summed E-state index contributed by atoms with van der Waals surface area (Å²) < 4.78 is 5.19. The van der Waals surface area contributed by atoms with Gasteiger partial charge in [0.1, 0.15) is 5.75 Å². The highest BCUT2D eigenvalue weighted by Crippen LogP contribution is 2.28. The maximum Gasteiger partial charge on any atom is 0.130 e. The molecule has 1 aromatic rings. The molecule has 0 aliphatic rings. The van der Waals surface area contributed by atoms with Gasteiger partial charge in [0.15, 0.2) is 0 Å². The maximum atomic E-state index is 9.83. The van der Waals surface area contributed by atoms with E-state index in [1.54, 1.807) is 25.2 Å². The Morgan fingerprint density at radius 1 is 1.47 bits per heavy atom. The van der Waals surface area contributed by atoms with E-state index in [0.717, 1.165) is 0 Å². The lowest BCUT2D eigenvalue weighted by atomic mass is 10.0. The van der Waals surface area contributed by atoms with Gasteiger partial charge in [0.2, 0.25) is 0 Å². The highest BCUT2D eigenvalue weighted by molar-refractivity contribution is 5.42. The molecule has 0 aliphatic carbocycles. The van der Waals surface area contributed by atoms with Crippen molar-refractivity contribution in [3.05, 3.63) is 29.3 Å². The monoisotopic (exact) mass is 211 g/mol. The second-order valence-corrected chi connectivity index (χ2v) is 3.27. The van der Waals surface area contributed by atoms with E-state index >= 15 is 0 Å². The predicted octanol–water partition coefficient (Wildman–Crippen LogP) is 0.440. The van der Waals surface area contributed by atoms with Gasteiger partial charge < -0.3 is 20.3 Å². The highest BCUT2D eigenvalue weighted by Gasteiger charge is 2.14. The van der Waals surface area contributed by atoms with Gasteiger partial charge in [-0.3, -0.25) is 0 Å². The normalized spacial score (nSPS) is 12.5. The van der Waals surface area contributed by atoms with Crippen LogP contribution in [0.4, 0.5) is 0 Å². The van der Waals surface area contributed by atoms with Crippen LogP contribution in [-0.4, -0.2) is 30.9 Å². The van der Waals surface area contributed by atoms with Crippen molar-refractivity contribution in [3.63, 3.8) is 0 Å². The number of rotatable bonds is 5. The Labute approximate surface area is 89.5 Å². The largest absolute Gasteiger partial charge is 0.496 e. The Morgan fingerprint density at radius 2 is 2.20 bits per heavy atom. The first-order valence-corrected chi connectivity index (χ1v) is 4.83. The van der Waals surface area contributed by atoms with Gasteiger partial charge in [-0.1, -0.05) is 18.2 Å². The second-order valence-electron chi connectivity index (χ2n) is 3.27. The van der Waals surface area contributed by atoms with Gasteiger partial charge >= 0.3 is 0 Å². The number of likely N-dealkylation sites (N-methyl/N-ethyl adjacent to an activating group) is 1. The predicted molar refractivity (Wildman–Crippen MR) is 57.8 cm³/mol. The van der Waals surface area contributed by atoms with Crippen molar-refractivity contribution >= 4 is 0 Å². The molecule has 0 saturated heterocycles. The summed E-state index contributed by atoms with van der Waals surface area (Å²) >= 11 is 0. The number of para-hydroxylation sites is 1.